The first-order valence-corrected chi connectivity index (χ1v) is 8.54. The lowest BCUT2D eigenvalue weighted by Gasteiger charge is -2.09. The predicted octanol–water partition coefficient (Wildman–Crippen LogP) is 3.16. The molecule has 1 atom stereocenters. The lowest BCUT2D eigenvalue weighted by molar-refractivity contribution is 0.341. The summed E-state index contributed by atoms with van der Waals surface area (Å²) in [4.78, 5) is 4.63. The molecule has 0 saturated carbocycles. The van der Waals surface area contributed by atoms with Crippen LogP contribution in [0.1, 0.15) is 42.7 Å². The molecule has 22 heavy (non-hydrogen) atoms. The predicted molar refractivity (Wildman–Crippen MR) is 85.7 cm³/mol. The smallest absolute Gasteiger partial charge is 0.227 e. The van der Waals surface area contributed by atoms with Crippen molar-refractivity contribution in [2.45, 2.75) is 44.9 Å². The van der Waals surface area contributed by atoms with Gasteiger partial charge in [-0.05, 0) is 74.7 Å². The molecule has 0 amide bonds. The van der Waals surface area contributed by atoms with Crippen LogP contribution < -0.4 is 5.32 Å². The third kappa shape index (κ3) is 2.93. The van der Waals surface area contributed by atoms with Gasteiger partial charge in [0.2, 0.25) is 11.7 Å². The first kappa shape index (κ1) is 13.9. The van der Waals surface area contributed by atoms with Gasteiger partial charge in [-0.15, -0.1) is 0 Å². The van der Waals surface area contributed by atoms with Crippen molar-refractivity contribution >= 4 is 0 Å². The van der Waals surface area contributed by atoms with E-state index in [1.54, 1.807) is 0 Å². The van der Waals surface area contributed by atoms with Crippen LogP contribution in [0.4, 0.5) is 0 Å². The van der Waals surface area contributed by atoms with Gasteiger partial charge in [-0.2, -0.15) is 4.98 Å². The second-order valence-electron chi connectivity index (χ2n) is 6.60. The summed E-state index contributed by atoms with van der Waals surface area (Å²) in [6, 6.07) is 6.60. The van der Waals surface area contributed by atoms with Crippen molar-refractivity contribution in [1.82, 2.24) is 15.5 Å². The second-order valence-corrected chi connectivity index (χ2v) is 6.60. The molecule has 2 heterocycles. The number of nitrogens with zero attached hydrogens (tertiary/aromatic N) is 2. The van der Waals surface area contributed by atoms with Crippen molar-refractivity contribution in [3.63, 3.8) is 0 Å². The van der Waals surface area contributed by atoms with Gasteiger partial charge >= 0.3 is 0 Å². The number of hydrogen-bond acceptors (Lipinski definition) is 4. The number of hydrogen-bond donors (Lipinski definition) is 1. The SMILES string of the molecule is c1cc2c(cc1-c1noc(CC3CCCNCC3)n1)CCC2. The van der Waals surface area contributed by atoms with E-state index in [0.717, 1.165) is 36.8 Å². The average molecular weight is 297 g/mol. The molecule has 0 radical (unpaired) electrons. The first-order chi connectivity index (χ1) is 10.9. The van der Waals surface area contributed by atoms with Crippen molar-refractivity contribution in [3.8, 4) is 11.4 Å². The van der Waals surface area contributed by atoms with Crippen LogP contribution in [0, 0.1) is 5.92 Å². The van der Waals surface area contributed by atoms with E-state index in [1.807, 2.05) is 0 Å². The Morgan fingerprint density at radius 2 is 2.05 bits per heavy atom. The number of nitrogens with one attached hydrogen (secondary N) is 1. The fourth-order valence-electron chi connectivity index (χ4n) is 3.71. The van der Waals surface area contributed by atoms with E-state index >= 15 is 0 Å². The molecular formula is C18H23N3O. The minimum absolute atomic E-state index is 0.670. The molecule has 1 N–H and O–H groups in total. The van der Waals surface area contributed by atoms with Crippen LogP contribution in [0.25, 0.3) is 11.4 Å². The van der Waals surface area contributed by atoms with Crippen molar-refractivity contribution in [3.05, 3.63) is 35.2 Å². The quantitative estimate of drug-likeness (QED) is 0.945. The molecule has 0 bridgehead atoms. The fraction of sp³-hybridized carbons (Fsp3) is 0.556. The monoisotopic (exact) mass is 297 g/mol. The Hall–Kier alpha value is -1.68. The third-order valence-corrected chi connectivity index (χ3v) is 4.98. The molecule has 1 aliphatic carbocycles. The number of aromatic nitrogens is 2. The summed E-state index contributed by atoms with van der Waals surface area (Å²) >= 11 is 0. The van der Waals surface area contributed by atoms with Gasteiger partial charge < -0.3 is 9.84 Å². The molecule has 116 valence electrons. The fourth-order valence-corrected chi connectivity index (χ4v) is 3.71. The van der Waals surface area contributed by atoms with E-state index in [9.17, 15) is 0 Å². The van der Waals surface area contributed by atoms with Crippen molar-refractivity contribution in [2.75, 3.05) is 13.1 Å². The zero-order valence-electron chi connectivity index (χ0n) is 13.0. The zero-order chi connectivity index (χ0) is 14.8. The average Bonchev–Trinajstić information content (AvgIpc) is 3.11. The van der Waals surface area contributed by atoms with Gasteiger partial charge in [-0.3, -0.25) is 0 Å². The molecular weight excluding hydrogens is 274 g/mol. The van der Waals surface area contributed by atoms with Gasteiger partial charge in [0.15, 0.2) is 0 Å². The molecule has 1 aliphatic heterocycles. The van der Waals surface area contributed by atoms with Crippen molar-refractivity contribution in [2.24, 2.45) is 5.92 Å². The summed E-state index contributed by atoms with van der Waals surface area (Å²) in [5.74, 6) is 2.21. The largest absolute Gasteiger partial charge is 0.339 e. The Morgan fingerprint density at radius 1 is 1.09 bits per heavy atom. The number of benzene rings is 1. The van der Waals surface area contributed by atoms with Gasteiger partial charge in [-0.25, -0.2) is 0 Å². The molecule has 4 heteroatoms. The Labute approximate surface area is 131 Å². The Morgan fingerprint density at radius 3 is 3.05 bits per heavy atom. The number of rotatable bonds is 3. The molecule has 1 unspecified atom stereocenters. The zero-order valence-corrected chi connectivity index (χ0v) is 13.0. The highest BCUT2D eigenvalue weighted by atomic mass is 16.5. The second kappa shape index (κ2) is 6.21. The van der Waals surface area contributed by atoms with E-state index in [0.29, 0.717) is 5.92 Å². The highest BCUT2D eigenvalue weighted by Crippen LogP contribution is 2.27. The number of aryl methyl sites for hydroxylation is 2. The van der Waals surface area contributed by atoms with Gasteiger partial charge in [0, 0.05) is 12.0 Å². The first-order valence-electron chi connectivity index (χ1n) is 8.54. The van der Waals surface area contributed by atoms with Crippen molar-refractivity contribution in [1.29, 1.82) is 0 Å². The maximum atomic E-state index is 5.50. The summed E-state index contributed by atoms with van der Waals surface area (Å²) in [5, 5.41) is 7.65. The van der Waals surface area contributed by atoms with E-state index < -0.39 is 0 Å². The molecule has 0 spiro atoms. The van der Waals surface area contributed by atoms with Gasteiger partial charge in [-0.1, -0.05) is 17.3 Å². The summed E-state index contributed by atoms with van der Waals surface area (Å²) < 4.78 is 5.50. The Balaban J connectivity index is 1.49. The number of fused-ring (bicyclic) bond motifs is 1. The van der Waals surface area contributed by atoms with E-state index in [1.165, 1.54) is 49.7 Å². The van der Waals surface area contributed by atoms with Crippen LogP contribution in [0.2, 0.25) is 0 Å². The van der Waals surface area contributed by atoms with E-state index in [4.69, 9.17) is 4.52 Å². The van der Waals surface area contributed by atoms with Crippen LogP contribution in [-0.4, -0.2) is 23.2 Å². The normalized spacial score (nSPS) is 21.5. The molecule has 1 fully saturated rings. The van der Waals surface area contributed by atoms with Crippen LogP contribution in [0.5, 0.6) is 0 Å². The highest BCUT2D eigenvalue weighted by Gasteiger charge is 2.18. The van der Waals surface area contributed by atoms with Crippen LogP contribution in [-0.2, 0) is 19.3 Å². The summed E-state index contributed by atoms with van der Waals surface area (Å²) in [6.07, 6.45) is 8.29. The lowest BCUT2D eigenvalue weighted by atomic mass is 9.97. The highest BCUT2D eigenvalue weighted by molar-refractivity contribution is 5.57. The molecule has 4 rings (SSSR count). The van der Waals surface area contributed by atoms with E-state index in [-0.39, 0.29) is 0 Å². The molecule has 1 saturated heterocycles. The minimum atomic E-state index is 0.670. The van der Waals surface area contributed by atoms with Crippen LogP contribution >= 0.6 is 0 Å². The molecule has 2 aromatic rings. The van der Waals surface area contributed by atoms with Crippen LogP contribution in [0.3, 0.4) is 0 Å². The summed E-state index contributed by atoms with van der Waals surface area (Å²) in [6.45, 7) is 2.25. The molecule has 4 nitrogen and oxygen atoms in total. The Kier molecular flexibility index (Phi) is 3.94. The maximum absolute atomic E-state index is 5.50. The lowest BCUT2D eigenvalue weighted by Crippen LogP contribution is -2.14. The Bertz CT molecular complexity index is 642. The van der Waals surface area contributed by atoms with Crippen LogP contribution in [0.15, 0.2) is 22.7 Å². The maximum Gasteiger partial charge on any atom is 0.227 e. The summed E-state index contributed by atoms with van der Waals surface area (Å²) in [7, 11) is 0. The van der Waals surface area contributed by atoms with Gasteiger partial charge in [0.1, 0.15) is 0 Å². The minimum Gasteiger partial charge on any atom is -0.339 e. The third-order valence-electron chi connectivity index (χ3n) is 4.98. The van der Waals surface area contributed by atoms with Crippen molar-refractivity contribution < 1.29 is 4.52 Å². The molecule has 1 aromatic heterocycles. The summed E-state index contributed by atoms with van der Waals surface area (Å²) in [5.41, 5.74) is 4.04. The van der Waals surface area contributed by atoms with Gasteiger partial charge in [0.25, 0.3) is 0 Å². The molecule has 1 aromatic carbocycles. The van der Waals surface area contributed by atoms with E-state index in [2.05, 4.69) is 33.7 Å². The van der Waals surface area contributed by atoms with Gasteiger partial charge in [0.05, 0.1) is 0 Å². The standard InChI is InChI=1S/C18H23N3O/c1-4-14-6-7-16(12-15(14)5-1)18-20-17(22-21-18)11-13-3-2-9-19-10-8-13/h6-7,12-13,19H,1-5,8-11H2. The molecule has 2 aliphatic rings. The topological polar surface area (TPSA) is 51.0 Å².